The second-order valence-electron chi connectivity index (χ2n) is 4.67. The van der Waals surface area contributed by atoms with Crippen molar-refractivity contribution >= 4 is 11.6 Å². The van der Waals surface area contributed by atoms with Crippen LogP contribution in [0.1, 0.15) is 19.3 Å². The third-order valence-electron chi connectivity index (χ3n) is 3.68. The molecule has 4 heteroatoms. The first-order chi connectivity index (χ1) is 8.33. The van der Waals surface area contributed by atoms with Crippen LogP contribution in [-0.2, 0) is 4.79 Å². The molecule has 1 aromatic carbocycles. The molecule has 1 unspecified atom stereocenters. The van der Waals surface area contributed by atoms with Gasteiger partial charge in [-0.1, -0.05) is 18.2 Å². The SMILES string of the molecule is O=C1NCN(c2ccccc2)C12CCCCN2. The Hall–Kier alpha value is -1.55. The Balaban J connectivity index is 1.96. The van der Waals surface area contributed by atoms with Crippen LogP contribution in [0.3, 0.4) is 0 Å². The monoisotopic (exact) mass is 231 g/mol. The third kappa shape index (κ3) is 1.60. The summed E-state index contributed by atoms with van der Waals surface area (Å²) >= 11 is 0. The quantitative estimate of drug-likeness (QED) is 0.759. The van der Waals surface area contributed by atoms with Gasteiger partial charge in [0.25, 0.3) is 5.91 Å². The molecule has 1 amide bonds. The van der Waals surface area contributed by atoms with E-state index in [4.69, 9.17) is 0 Å². The number of amides is 1. The van der Waals surface area contributed by atoms with Gasteiger partial charge in [-0.25, -0.2) is 0 Å². The van der Waals surface area contributed by atoms with Crippen molar-refractivity contribution in [3.8, 4) is 0 Å². The second kappa shape index (κ2) is 4.04. The second-order valence-corrected chi connectivity index (χ2v) is 4.67. The van der Waals surface area contributed by atoms with E-state index in [1.807, 2.05) is 18.2 Å². The fourth-order valence-corrected chi connectivity index (χ4v) is 2.79. The predicted octanol–water partition coefficient (Wildman–Crippen LogP) is 1.05. The summed E-state index contributed by atoms with van der Waals surface area (Å²) in [5, 5.41) is 6.36. The fraction of sp³-hybridized carbons (Fsp3) is 0.462. The van der Waals surface area contributed by atoms with Crippen LogP contribution in [0, 0.1) is 0 Å². The molecule has 17 heavy (non-hydrogen) atoms. The van der Waals surface area contributed by atoms with Crippen molar-refractivity contribution in [2.45, 2.75) is 24.9 Å². The molecule has 3 rings (SSSR count). The number of hydrogen-bond donors (Lipinski definition) is 2. The molecule has 0 bridgehead atoms. The molecule has 0 saturated carbocycles. The number of piperidine rings is 1. The van der Waals surface area contributed by atoms with E-state index in [1.165, 1.54) is 0 Å². The molecule has 2 heterocycles. The van der Waals surface area contributed by atoms with Crippen molar-refractivity contribution in [2.24, 2.45) is 0 Å². The number of anilines is 1. The molecule has 1 atom stereocenters. The van der Waals surface area contributed by atoms with Crippen LogP contribution in [0.15, 0.2) is 30.3 Å². The summed E-state index contributed by atoms with van der Waals surface area (Å²) < 4.78 is 0. The first-order valence-corrected chi connectivity index (χ1v) is 6.19. The number of nitrogens with zero attached hydrogens (tertiary/aromatic N) is 1. The van der Waals surface area contributed by atoms with E-state index in [0.717, 1.165) is 31.5 Å². The number of para-hydroxylation sites is 1. The van der Waals surface area contributed by atoms with E-state index in [0.29, 0.717) is 6.67 Å². The van der Waals surface area contributed by atoms with Crippen LogP contribution in [0.5, 0.6) is 0 Å². The molecule has 2 aliphatic rings. The Morgan fingerprint density at radius 2 is 2.00 bits per heavy atom. The van der Waals surface area contributed by atoms with Gasteiger partial charge in [-0.2, -0.15) is 0 Å². The summed E-state index contributed by atoms with van der Waals surface area (Å²) in [6.07, 6.45) is 3.13. The largest absolute Gasteiger partial charge is 0.335 e. The number of nitrogens with one attached hydrogen (secondary N) is 2. The highest BCUT2D eigenvalue weighted by atomic mass is 16.2. The van der Waals surface area contributed by atoms with Crippen LogP contribution in [0.25, 0.3) is 0 Å². The molecule has 2 fully saturated rings. The lowest BCUT2D eigenvalue weighted by molar-refractivity contribution is -0.125. The number of hydrogen-bond acceptors (Lipinski definition) is 3. The van der Waals surface area contributed by atoms with Gasteiger partial charge in [0.05, 0.1) is 6.67 Å². The summed E-state index contributed by atoms with van der Waals surface area (Å²) in [6.45, 7) is 1.51. The number of rotatable bonds is 1. The van der Waals surface area contributed by atoms with E-state index in [-0.39, 0.29) is 5.91 Å². The van der Waals surface area contributed by atoms with Crippen LogP contribution in [-0.4, -0.2) is 24.8 Å². The van der Waals surface area contributed by atoms with Crippen molar-refractivity contribution in [1.29, 1.82) is 0 Å². The predicted molar refractivity (Wildman–Crippen MR) is 66.5 cm³/mol. The Morgan fingerprint density at radius 1 is 1.18 bits per heavy atom. The zero-order chi connectivity index (χ0) is 11.7. The zero-order valence-electron chi connectivity index (χ0n) is 9.78. The van der Waals surface area contributed by atoms with Gasteiger partial charge in [0, 0.05) is 5.69 Å². The van der Waals surface area contributed by atoms with Crippen LogP contribution in [0.4, 0.5) is 5.69 Å². The Labute approximate surface area is 101 Å². The molecular formula is C13H17N3O. The average Bonchev–Trinajstić information content (AvgIpc) is 2.69. The molecule has 90 valence electrons. The van der Waals surface area contributed by atoms with Crippen molar-refractivity contribution in [2.75, 3.05) is 18.1 Å². The summed E-state index contributed by atoms with van der Waals surface area (Å²) in [5.74, 6) is 0.112. The topological polar surface area (TPSA) is 44.4 Å². The highest BCUT2D eigenvalue weighted by molar-refractivity contribution is 5.92. The van der Waals surface area contributed by atoms with Crippen molar-refractivity contribution in [3.63, 3.8) is 0 Å². The van der Waals surface area contributed by atoms with Gasteiger partial charge in [-0.15, -0.1) is 0 Å². The van der Waals surface area contributed by atoms with Gasteiger partial charge in [0.15, 0.2) is 5.66 Å². The van der Waals surface area contributed by atoms with Gasteiger partial charge in [0.1, 0.15) is 0 Å². The molecule has 2 aliphatic heterocycles. The smallest absolute Gasteiger partial charge is 0.262 e. The third-order valence-corrected chi connectivity index (χ3v) is 3.68. The minimum Gasteiger partial charge on any atom is -0.335 e. The molecule has 1 spiro atoms. The standard InChI is InChI=1S/C13H17N3O/c17-12-13(8-4-5-9-15-13)16(10-14-12)11-6-2-1-3-7-11/h1-3,6-7,15H,4-5,8-10H2,(H,14,17). The van der Waals surface area contributed by atoms with Gasteiger partial charge < -0.3 is 10.2 Å². The van der Waals surface area contributed by atoms with E-state index in [2.05, 4.69) is 27.7 Å². The van der Waals surface area contributed by atoms with Crippen molar-refractivity contribution in [1.82, 2.24) is 10.6 Å². The van der Waals surface area contributed by atoms with E-state index in [9.17, 15) is 4.79 Å². The van der Waals surface area contributed by atoms with Gasteiger partial charge in [-0.05, 0) is 37.9 Å². The average molecular weight is 231 g/mol. The molecule has 4 nitrogen and oxygen atoms in total. The number of benzene rings is 1. The lowest BCUT2D eigenvalue weighted by Crippen LogP contribution is -2.62. The minimum absolute atomic E-state index is 0.112. The molecule has 0 aliphatic carbocycles. The fourth-order valence-electron chi connectivity index (χ4n) is 2.79. The molecule has 2 N–H and O–H groups in total. The van der Waals surface area contributed by atoms with Crippen LogP contribution in [0.2, 0.25) is 0 Å². The first kappa shape index (κ1) is 10.6. The molecule has 1 aromatic rings. The lowest BCUT2D eigenvalue weighted by atomic mass is 9.96. The molecular weight excluding hydrogens is 214 g/mol. The molecule has 0 aromatic heterocycles. The van der Waals surface area contributed by atoms with Crippen LogP contribution >= 0.6 is 0 Å². The maximum absolute atomic E-state index is 12.1. The lowest BCUT2D eigenvalue weighted by Gasteiger charge is -2.40. The van der Waals surface area contributed by atoms with E-state index >= 15 is 0 Å². The highest BCUT2D eigenvalue weighted by Crippen LogP contribution is 2.31. The van der Waals surface area contributed by atoms with Crippen molar-refractivity contribution < 1.29 is 4.79 Å². The Bertz CT molecular complexity index is 412. The summed E-state index contributed by atoms with van der Waals surface area (Å²) in [5.41, 5.74) is 0.583. The Morgan fingerprint density at radius 3 is 2.71 bits per heavy atom. The van der Waals surface area contributed by atoms with Gasteiger partial charge in [0.2, 0.25) is 0 Å². The maximum Gasteiger partial charge on any atom is 0.262 e. The zero-order valence-corrected chi connectivity index (χ0v) is 9.78. The van der Waals surface area contributed by atoms with E-state index in [1.54, 1.807) is 0 Å². The van der Waals surface area contributed by atoms with Crippen molar-refractivity contribution in [3.05, 3.63) is 30.3 Å². The summed E-state index contributed by atoms with van der Waals surface area (Å²) in [6, 6.07) is 10.1. The molecule has 0 radical (unpaired) electrons. The highest BCUT2D eigenvalue weighted by Gasteiger charge is 2.49. The first-order valence-electron chi connectivity index (χ1n) is 6.19. The minimum atomic E-state index is -0.514. The summed E-state index contributed by atoms with van der Waals surface area (Å²) in [4.78, 5) is 14.3. The van der Waals surface area contributed by atoms with Gasteiger partial charge in [-0.3, -0.25) is 10.1 Å². The maximum atomic E-state index is 12.1. The van der Waals surface area contributed by atoms with E-state index < -0.39 is 5.66 Å². The van der Waals surface area contributed by atoms with Gasteiger partial charge >= 0.3 is 0 Å². The normalized spacial score (nSPS) is 28.5. The van der Waals surface area contributed by atoms with Crippen LogP contribution < -0.4 is 15.5 Å². The molecule has 2 saturated heterocycles. The summed E-state index contributed by atoms with van der Waals surface area (Å²) in [7, 11) is 0. The Kier molecular flexibility index (Phi) is 2.52. The number of carbonyl (C=O) groups excluding carboxylic acids is 1. The number of carbonyl (C=O) groups is 1.